The number of hydrogen-bond donors (Lipinski definition) is 1. The van der Waals surface area contributed by atoms with Gasteiger partial charge in [0.05, 0.1) is 0 Å². The number of Topliss-reactive ketones (excluding diaryl/α,β-unsaturated/α-hetero) is 1. The second-order valence-corrected chi connectivity index (χ2v) is 5.76. The Morgan fingerprint density at radius 3 is 2.75 bits per heavy atom. The predicted molar refractivity (Wildman–Crippen MR) is 82.0 cm³/mol. The second-order valence-electron chi connectivity index (χ2n) is 5.76. The van der Waals surface area contributed by atoms with Gasteiger partial charge in [0.25, 0.3) is 0 Å². The number of aromatic amines is 1. The zero-order valence-corrected chi connectivity index (χ0v) is 12.1. The van der Waals surface area contributed by atoms with Gasteiger partial charge in [-0.25, -0.2) is 0 Å². The molecule has 1 aliphatic heterocycles. The van der Waals surface area contributed by atoms with E-state index in [1.807, 2.05) is 0 Å². The third kappa shape index (κ3) is 2.78. The number of nitrogens with zero attached hydrogens (tertiary/aromatic N) is 1. The summed E-state index contributed by atoms with van der Waals surface area (Å²) in [6, 6.07) is 8.53. The van der Waals surface area contributed by atoms with Crippen LogP contribution in [0, 0.1) is 6.92 Å². The highest BCUT2D eigenvalue weighted by Gasteiger charge is 2.15. The van der Waals surface area contributed by atoms with E-state index >= 15 is 0 Å². The summed E-state index contributed by atoms with van der Waals surface area (Å²) in [6.07, 6.45) is 3.76. The fourth-order valence-electron chi connectivity index (χ4n) is 3.16. The summed E-state index contributed by atoms with van der Waals surface area (Å²) in [5.74, 6) is 0.425. The monoisotopic (exact) mass is 270 g/mol. The first-order chi connectivity index (χ1) is 9.74. The van der Waals surface area contributed by atoms with Crippen LogP contribution >= 0.6 is 0 Å². The molecule has 2 aromatic rings. The van der Waals surface area contributed by atoms with E-state index in [4.69, 9.17) is 0 Å². The van der Waals surface area contributed by atoms with Crippen molar-refractivity contribution >= 4 is 16.7 Å². The Kier molecular flexibility index (Phi) is 3.88. The van der Waals surface area contributed by atoms with E-state index in [2.05, 4.69) is 41.1 Å². The fourth-order valence-corrected chi connectivity index (χ4v) is 3.16. The van der Waals surface area contributed by atoms with Gasteiger partial charge in [-0.3, -0.25) is 4.79 Å². The summed E-state index contributed by atoms with van der Waals surface area (Å²) in [4.78, 5) is 17.1. The minimum Gasteiger partial charge on any atom is -0.358 e. The number of carbonyl (C=O) groups is 1. The summed E-state index contributed by atoms with van der Waals surface area (Å²) in [5.41, 5.74) is 3.98. The molecule has 0 bridgehead atoms. The van der Waals surface area contributed by atoms with Crippen molar-refractivity contribution in [3.05, 3.63) is 35.5 Å². The van der Waals surface area contributed by atoms with Gasteiger partial charge in [-0.2, -0.15) is 0 Å². The number of para-hydroxylation sites is 1. The number of fused-ring (bicyclic) bond motifs is 1. The molecule has 1 aliphatic rings. The molecule has 106 valence electrons. The van der Waals surface area contributed by atoms with Crippen molar-refractivity contribution in [1.29, 1.82) is 0 Å². The van der Waals surface area contributed by atoms with Gasteiger partial charge < -0.3 is 9.88 Å². The van der Waals surface area contributed by atoms with Crippen molar-refractivity contribution in [2.75, 3.05) is 19.6 Å². The third-order valence-electron chi connectivity index (χ3n) is 4.34. The molecular formula is C17H22N2O. The van der Waals surface area contributed by atoms with Crippen LogP contribution in [0.25, 0.3) is 10.9 Å². The Balaban J connectivity index is 1.60. The van der Waals surface area contributed by atoms with E-state index < -0.39 is 0 Å². The van der Waals surface area contributed by atoms with Gasteiger partial charge >= 0.3 is 0 Å². The van der Waals surface area contributed by atoms with Crippen molar-refractivity contribution in [3.63, 3.8) is 0 Å². The van der Waals surface area contributed by atoms with Gasteiger partial charge in [-0.05, 0) is 37.9 Å². The van der Waals surface area contributed by atoms with Crippen LogP contribution in [-0.4, -0.2) is 35.3 Å². The molecule has 0 amide bonds. The molecule has 1 N–H and O–H groups in total. The molecule has 3 heteroatoms. The molecule has 0 saturated carbocycles. The van der Waals surface area contributed by atoms with E-state index in [1.165, 1.54) is 22.2 Å². The number of piperidine rings is 1. The summed E-state index contributed by atoms with van der Waals surface area (Å²) in [6.45, 7) is 5.17. The lowest BCUT2D eigenvalue weighted by Gasteiger charge is -2.25. The van der Waals surface area contributed by atoms with Crippen LogP contribution in [0.15, 0.2) is 24.3 Å². The highest BCUT2D eigenvalue weighted by atomic mass is 16.1. The van der Waals surface area contributed by atoms with E-state index in [0.717, 1.165) is 45.3 Å². The molecule has 1 fully saturated rings. The van der Waals surface area contributed by atoms with Gasteiger partial charge in [-0.15, -0.1) is 0 Å². The molecule has 0 spiro atoms. The van der Waals surface area contributed by atoms with Crippen LogP contribution in [0.3, 0.4) is 0 Å². The molecule has 0 radical (unpaired) electrons. The van der Waals surface area contributed by atoms with Gasteiger partial charge in [0.1, 0.15) is 5.78 Å². The number of aryl methyl sites for hydroxylation is 2. The summed E-state index contributed by atoms with van der Waals surface area (Å²) >= 11 is 0. The SMILES string of the molecule is Cc1[nH]c2ccccc2c1CCCN1CCC(=O)CC1. The molecule has 0 atom stereocenters. The lowest BCUT2D eigenvalue weighted by molar-refractivity contribution is -0.121. The maximum absolute atomic E-state index is 11.2. The number of likely N-dealkylation sites (tertiary alicyclic amines) is 1. The quantitative estimate of drug-likeness (QED) is 0.927. The normalized spacial score (nSPS) is 16.9. The number of aromatic nitrogens is 1. The van der Waals surface area contributed by atoms with Crippen molar-refractivity contribution in [3.8, 4) is 0 Å². The highest BCUT2D eigenvalue weighted by Crippen LogP contribution is 2.23. The maximum Gasteiger partial charge on any atom is 0.135 e. The predicted octanol–water partition coefficient (Wildman–Crippen LogP) is 3.07. The molecule has 2 heterocycles. The number of hydrogen-bond acceptors (Lipinski definition) is 2. The van der Waals surface area contributed by atoms with E-state index in [9.17, 15) is 4.79 Å². The minimum absolute atomic E-state index is 0.425. The first kappa shape index (κ1) is 13.4. The number of nitrogens with one attached hydrogen (secondary N) is 1. The van der Waals surface area contributed by atoms with E-state index in [0.29, 0.717) is 5.78 Å². The summed E-state index contributed by atoms with van der Waals surface area (Å²) in [7, 11) is 0. The molecule has 3 rings (SSSR count). The molecule has 0 unspecified atom stereocenters. The standard InChI is InChI=1S/C17H22N2O/c1-13-15(16-5-2-3-7-17(16)18-13)6-4-10-19-11-8-14(20)9-12-19/h2-3,5,7,18H,4,6,8-12H2,1H3. The van der Waals surface area contributed by atoms with Crippen LogP contribution in [0.1, 0.15) is 30.5 Å². The topological polar surface area (TPSA) is 36.1 Å². The highest BCUT2D eigenvalue weighted by molar-refractivity contribution is 5.84. The lowest BCUT2D eigenvalue weighted by Crippen LogP contribution is -2.34. The Labute approximate surface area is 120 Å². The fraction of sp³-hybridized carbons (Fsp3) is 0.471. The maximum atomic E-state index is 11.2. The van der Waals surface area contributed by atoms with Crippen LogP contribution in [0.4, 0.5) is 0 Å². The molecule has 0 aliphatic carbocycles. The molecule has 1 aromatic carbocycles. The van der Waals surface area contributed by atoms with E-state index in [1.54, 1.807) is 0 Å². The number of ketones is 1. The van der Waals surface area contributed by atoms with Gasteiger partial charge in [0.15, 0.2) is 0 Å². The number of benzene rings is 1. The smallest absolute Gasteiger partial charge is 0.135 e. The van der Waals surface area contributed by atoms with Crippen LogP contribution in [-0.2, 0) is 11.2 Å². The third-order valence-corrected chi connectivity index (χ3v) is 4.34. The Morgan fingerprint density at radius 2 is 1.95 bits per heavy atom. The van der Waals surface area contributed by atoms with Crippen molar-refractivity contribution in [1.82, 2.24) is 9.88 Å². The molecule has 20 heavy (non-hydrogen) atoms. The van der Waals surface area contributed by atoms with E-state index in [-0.39, 0.29) is 0 Å². The Hall–Kier alpha value is -1.61. The van der Waals surface area contributed by atoms with Crippen LogP contribution < -0.4 is 0 Å². The van der Waals surface area contributed by atoms with Crippen molar-refractivity contribution < 1.29 is 4.79 Å². The van der Waals surface area contributed by atoms with Crippen LogP contribution in [0.5, 0.6) is 0 Å². The zero-order chi connectivity index (χ0) is 13.9. The summed E-state index contributed by atoms with van der Waals surface area (Å²) < 4.78 is 0. The number of H-pyrrole nitrogens is 1. The van der Waals surface area contributed by atoms with Gasteiger partial charge in [0.2, 0.25) is 0 Å². The second kappa shape index (κ2) is 5.80. The van der Waals surface area contributed by atoms with Crippen LogP contribution in [0.2, 0.25) is 0 Å². The lowest BCUT2D eigenvalue weighted by atomic mass is 10.0. The first-order valence-corrected chi connectivity index (χ1v) is 7.54. The average molecular weight is 270 g/mol. The molecule has 3 nitrogen and oxygen atoms in total. The Morgan fingerprint density at radius 1 is 1.20 bits per heavy atom. The van der Waals surface area contributed by atoms with Crippen molar-refractivity contribution in [2.24, 2.45) is 0 Å². The van der Waals surface area contributed by atoms with Gasteiger partial charge in [-0.1, -0.05) is 18.2 Å². The zero-order valence-electron chi connectivity index (χ0n) is 12.1. The molecular weight excluding hydrogens is 248 g/mol. The molecule has 1 aromatic heterocycles. The minimum atomic E-state index is 0.425. The number of carbonyl (C=O) groups excluding carboxylic acids is 1. The summed E-state index contributed by atoms with van der Waals surface area (Å²) in [5, 5.41) is 1.36. The first-order valence-electron chi connectivity index (χ1n) is 7.54. The Bertz CT molecular complexity index is 604. The number of rotatable bonds is 4. The molecule has 1 saturated heterocycles. The largest absolute Gasteiger partial charge is 0.358 e. The average Bonchev–Trinajstić information content (AvgIpc) is 2.77. The van der Waals surface area contributed by atoms with Crippen molar-refractivity contribution in [2.45, 2.75) is 32.6 Å². The van der Waals surface area contributed by atoms with Gasteiger partial charge in [0, 0.05) is 42.5 Å².